The molecule has 3 rings (SSSR count). The van der Waals surface area contributed by atoms with E-state index >= 15 is 0 Å². The molecule has 0 bridgehead atoms. The van der Waals surface area contributed by atoms with Crippen LogP contribution in [-0.4, -0.2) is 46.9 Å². The molecule has 0 spiro atoms. The van der Waals surface area contributed by atoms with Crippen LogP contribution in [0.1, 0.15) is 13.8 Å². The summed E-state index contributed by atoms with van der Waals surface area (Å²) < 4.78 is 18.0. The smallest absolute Gasteiger partial charge is 0.351 e. The number of aromatic nitrogens is 4. The fourth-order valence-corrected chi connectivity index (χ4v) is 3.45. The Labute approximate surface area is 147 Å². The maximum atomic E-state index is 11.2. The van der Waals surface area contributed by atoms with Crippen molar-refractivity contribution < 1.29 is 24.2 Å². The van der Waals surface area contributed by atoms with E-state index in [1.54, 1.807) is 0 Å². The average molecular weight is 384 g/mol. The van der Waals surface area contributed by atoms with Crippen LogP contribution in [0.2, 0.25) is 0 Å². The molecule has 9 nitrogen and oxygen atoms in total. The van der Waals surface area contributed by atoms with Crippen LogP contribution in [0.5, 0.6) is 0 Å². The Hall–Kier alpha value is -1.68. The van der Waals surface area contributed by atoms with Crippen LogP contribution in [0, 0.1) is 0 Å². The highest BCUT2D eigenvalue weighted by Gasteiger charge is 2.37. The number of thiophene rings is 1. The zero-order valence-electron chi connectivity index (χ0n) is 13.5. The van der Waals surface area contributed by atoms with Gasteiger partial charge in [-0.1, -0.05) is 0 Å². The first kappa shape index (κ1) is 18.1. The Kier molecular flexibility index (Phi) is 4.76. The van der Waals surface area contributed by atoms with E-state index in [0.717, 1.165) is 5.56 Å². The SMILES string of the molecule is CC(O)C(C)(OCP(=O)(O)O)n1cnc2c(-c3ccsc3)ncnc21. The van der Waals surface area contributed by atoms with Gasteiger partial charge in [0.25, 0.3) is 0 Å². The molecular weight excluding hydrogens is 367 g/mol. The normalized spacial score (nSPS) is 16.0. The first-order chi connectivity index (χ1) is 11.7. The topological polar surface area (TPSA) is 131 Å². The zero-order chi connectivity index (χ0) is 18.2. The van der Waals surface area contributed by atoms with E-state index in [1.807, 2.05) is 16.8 Å². The van der Waals surface area contributed by atoms with Crippen molar-refractivity contribution in [1.82, 2.24) is 19.5 Å². The molecule has 0 radical (unpaired) electrons. The molecule has 0 fully saturated rings. The lowest BCUT2D eigenvalue weighted by atomic mass is 10.1. The summed E-state index contributed by atoms with van der Waals surface area (Å²) in [5, 5.41) is 14.0. The highest BCUT2D eigenvalue weighted by atomic mass is 32.1. The minimum atomic E-state index is -4.41. The summed E-state index contributed by atoms with van der Waals surface area (Å²) in [6.07, 6.45) is 0.868. The van der Waals surface area contributed by atoms with Gasteiger partial charge in [-0.05, 0) is 25.3 Å². The lowest BCUT2D eigenvalue weighted by Crippen LogP contribution is -2.43. The van der Waals surface area contributed by atoms with Gasteiger partial charge in [0.15, 0.2) is 17.7 Å². The van der Waals surface area contributed by atoms with E-state index in [1.165, 1.54) is 42.4 Å². The highest BCUT2D eigenvalue weighted by molar-refractivity contribution is 7.51. The van der Waals surface area contributed by atoms with Crippen molar-refractivity contribution in [3.63, 3.8) is 0 Å². The molecule has 3 N–H and O–H groups in total. The van der Waals surface area contributed by atoms with Crippen LogP contribution in [0.15, 0.2) is 29.5 Å². The van der Waals surface area contributed by atoms with Gasteiger partial charge >= 0.3 is 7.60 Å². The number of hydrogen-bond acceptors (Lipinski definition) is 7. The molecule has 0 aliphatic carbocycles. The minimum absolute atomic E-state index is 0.394. The van der Waals surface area contributed by atoms with Crippen LogP contribution in [-0.2, 0) is 15.0 Å². The molecule has 0 aliphatic rings. The molecule has 0 aromatic carbocycles. The van der Waals surface area contributed by atoms with Crippen LogP contribution >= 0.6 is 18.9 Å². The average Bonchev–Trinajstić information content (AvgIpc) is 3.20. The number of imidazole rings is 1. The van der Waals surface area contributed by atoms with Crippen LogP contribution in [0.25, 0.3) is 22.4 Å². The van der Waals surface area contributed by atoms with Crippen LogP contribution in [0.4, 0.5) is 0 Å². The van der Waals surface area contributed by atoms with Crippen molar-refractivity contribution in [1.29, 1.82) is 0 Å². The third-order valence-corrected chi connectivity index (χ3v) is 5.06. The van der Waals surface area contributed by atoms with Gasteiger partial charge in [0, 0.05) is 10.9 Å². The van der Waals surface area contributed by atoms with Gasteiger partial charge in [0.2, 0.25) is 0 Å². The van der Waals surface area contributed by atoms with Gasteiger partial charge in [-0.25, -0.2) is 15.0 Å². The molecule has 11 heteroatoms. The summed E-state index contributed by atoms with van der Waals surface area (Å²) in [7, 11) is -4.41. The molecule has 3 heterocycles. The molecule has 0 saturated carbocycles. The summed E-state index contributed by atoms with van der Waals surface area (Å²) in [5.74, 6) is 0. The van der Waals surface area contributed by atoms with E-state index in [9.17, 15) is 9.67 Å². The molecule has 25 heavy (non-hydrogen) atoms. The summed E-state index contributed by atoms with van der Waals surface area (Å²) >= 11 is 1.52. The van der Waals surface area contributed by atoms with Crippen molar-refractivity contribution in [3.05, 3.63) is 29.5 Å². The maximum absolute atomic E-state index is 11.2. The first-order valence-electron chi connectivity index (χ1n) is 7.30. The van der Waals surface area contributed by atoms with Gasteiger partial charge in [0.05, 0.1) is 12.4 Å². The standard InChI is InChI=1S/C14H17N4O5PS/c1-9(19)14(2,23-8-24(20,21)22)18-7-17-12-11(10-3-4-25-5-10)15-6-16-13(12)18/h3-7,9,19H,8H2,1-2H3,(H2,20,21,22). The van der Waals surface area contributed by atoms with Crippen molar-refractivity contribution in [2.75, 3.05) is 6.35 Å². The molecule has 2 atom stereocenters. The Morgan fingerprint density at radius 3 is 2.76 bits per heavy atom. The second-order valence-electron chi connectivity index (χ2n) is 5.69. The lowest BCUT2D eigenvalue weighted by Gasteiger charge is -2.34. The van der Waals surface area contributed by atoms with E-state index in [0.29, 0.717) is 16.9 Å². The molecule has 134 valence electrons. The number of aliphatic hydroxyl groups is 1. The van der Waals surface area contributed by atoms with Crippen molar-refractivity contribution in [2.24, 2.45) is 0 Å². The second-order valence-corrected chi connectivity index (χ2v) is 8.06. The number of aliphatic hydroxyl groups excluding tert-OH is 1. The Bertz CT molecular complexity index is 923. The van der Waals surface area contributed by atoms with E-state index in [4.69, 9.17) is 14.5 Å². The summed E-state index contributed by atoms with van der Waals surface area (Å²) in [5.41, 5.74) is 0.958. The molecule has 0 aliphatic heterocycles. The number of rotatable bonds is 6. The monoisotopic (exact) mass is 384 g/mol. The van der Waals surface area contributed by atoms with E-state index in [2.05, 4.69) is 15.0 Å². The maximum Gasteiger partial charge on any atom is 0.351 e. The molecule has 0 saturated heterocycles. The van der Waals surface area contributed by atoms with Crippen LogP contribution in [0.3, 0.4) is 0 Å². The third kappa shape index (κ3) is 3.50. The summed E-state index contributed by atoms with van der Waals surface area (Å²) in [6, 6.07) is 1.91. The predicted molar refractivity (Wildman–Crippen MR) is 92.0 cm³/mol. The fraction of sp³-hybridized carbons (Fsp3) is 0.357. The number of nitrogens with zero attached hydrogens (tertiary/aromatic N) is 4. The zero-order valence-corrected chi connectivity index (χ0v) is 15.2. The largest absolute Gasteiger partial charge is 0.388 e. The molecule has 3 aromatic rings. The first-order valence-corrected chi connectivity index (χ1v) is 10.0. The summed E-state index contributed by atoms with van der Waals surface area (Å²) in [6.45, 7) is 2.98. The van der Waals surface area contributed by atoms with E-state index < -0.39 is 25.8 Å². The number of fused-ring (bicyclic) bond motifs is 1. The molecular formula is C14H17N4O5PS. The van der Waals surface area contributed by atoms with Crippen molar-refractivity contribution >= 4 is 30.1 Å². The van der Waals surface area contributed by atoms with Gasteiger partial charge in [-0.2, -0.15) is 11.3 Å². The van der Waals surface area contributed by atoms with Gasteiger partial charge in [-0.3, -0.25) is 9.13 Å². The van der Waals surface area contributed by atoms with E-state index in [-0.39, 0.29) is 0 Å². The molecule has 0 amide bonds. The number of hydrogen-bond donors (Lipinski definition) is 3. The second kappa shape index (κ2) is 6.56. The van der Waals surface area contributed by atoms with Gasteiger partial charge in [0.1, 0.15) is 17.5 Å². The number of ether oxygens (including phenoxy) is 1. The quantitative estimate of drug-likeness (QED) is 0.548. The fourth-order valence-electron chi connectivity index (χ4n) is 2.38. The van der Waals surface area contributed by atoms with Crippen LogP contribution < -0.4 is 0 Å². The predicted octanol–water partition coefficient (Wildman–Crippen LogP) is 1.76. The van der Waals surface area contributed by atoms with Gasteiger partial charge in [-0.15, -0.1) is 0 Å². The Morgan fingerprint density at radius 2 is 2.16 bits per heavy atom. The highest BCUT2D eigenvalue weighted by Crippen LogP contribution is 2.38. The summed E-state index contributed by atoms with van der Waals surface area (Å²) in [4.78, 5) is 31.0. The van der Waals surface area contributed by atoms with Crippen molar-refractivity contribution in [3.8, 4) is 11.3 Å². The minimum Gasteiger partial charge on any atom is -0.388 e. The Balaban J connectivity index is 2.10. The lowest BCUT2D eigenvalue weighted by molar-refractivity contribution is -0.147. The molecule has 2 unspecified atom stereocenters. The Morgan fingerprint density at radius 1 is 1.40 bits per heavy atom. The van der Waals surface area contributed by atoms with Gasteiger partial charge < -0.3 is 19.6 Å². The third-order valence-electron chi connectivity index (χ3n) is 3.91. The van der Waals surface area contributed by atoms with Crippen molar-refractivity contribution in [2.45, 2.75) is 25.7 Å². The molecule has 3 aromatic heterocycles.